The summed E-state index contributed by atoms with van der Waals surface area (Å²) in [7, 11) is -16.4. The minimum Gasteiger partial charge on any atom is -0.386 e. The van der Waals surface area contributed by atoms with Crippen molar-refractivity contribution in [1.82, 2.24) is 30.2 Å². The van der Waals surface area contributed by atoms with Gasteiger partial charge in [0.1, 0.15) is 36.3 Å². The number of aliphatic hydroxyl groups is 2. The zero-order valence-corrected chi connectivity index (χ0v) is 43.3. The molecule has 0 spiro atoms. The number of nitrogens with zero attached hydrogens (tertiary/aromatic N) is 4. The highest BCUT2D eigenvalue weighted by Gasteiger charge is 2.50. The highest BCUT2D eigenvalue weighted by atomic mass is 32.2. The molecule has 28 heteroatoms. The van der Waals surface area contributed by atoms with Crippen LogP contribution in [0.5, 0.6) is 0 Å². The van der Waals surface area contributed by atoms with Crippen molar-refractivity contribution in [3.8, 4) is 0 Å². The molecule has 7 atom stereocenters. The molecule has 2 amide bonds. The first-order valence-corrected chi connectivity index (χ1v) is 29.1. The normalized spacial score (nSPS) is 19.8. The monoisotopic (exact) mass is 1060 g/mol. The summed E-state index contributed by atoms with van der Waals surface area (Å²) >= 11 is 1.16. The highest BCUT2D eigenvalue weighted by molar-refractivity contribution is 8.13. The minimum absolute atomic E-state index is 0.0342. The van der Waals surface area contributed by atoms with Crippen LogP contribution in [0.4, 0.5) is 5.82 Å². The number of thioether (sulfide) groups is 1. The summed E-state index contributed by atoms with van der Waals surface area (Å²) < 4.78 is 62.5. The number of hydrogen-bond donors (Lipinski definition) is 9. The molecule has 1 aliphatic rings. The summed E-state index contributed by atoms with van der Waals surface area (Å²) in [4.78, 5) is 88.5. The summed E-state index contributed by atoms with van der Waals surface area (Å²) in [6.07, 6.45) is 15.2. The lowest BCUT2D eigenvalue weighted by atomic mass is 9.87. The molecular weight excluding hydrogens is 987 g/mol. The molecule has 0 bridgehead atoms. The van der Waals surface area contributed by atoms with E-state index < -0.39 is 84.6 Å². The molecule has 0 radical (unpaired) electrons. The van der Waals surface area contributed by atoms with Gasteiger partial charge in [0.2, 0.25) is 11.8 Å². The van der Waals surface area contributed by atoms with Crippen LogP contribution in [0.1, 0.15) is 149 Å². The van der Waals surface area contributed by atoms with E-state index >= 15 is 0 Å². The number of nitrogens with one attached hydrogen (secondary N) is 2. The Labute approximate surface area is 407 Å². The average molecular weight is 1060 g/mol. The Hall–Kier alpha value is -2.44. The Morgan fingerprint density at radius 2 is 1.39 bits per heavy atom. The van der Waals surface area contributed by atoms with Crippen molar-refractivity contribution in [2.24, 2.45) is 5.41 Å². The van der Waals surface area contributed by atoms with E-state index in [0.29, 0.717) is 12.2 Å². The fourth-order valence-electron chi connectivity index (χ4n) is 7.36. The number of anilines is 1. The van der Waals surface area contributed by atoms with Gasteiger partial charge in [0.25, 0.3) is 0 Å². The predicted molar refractivity (Wildman–Crippen MR) is 256 cm³/mol. The number of imidazole rings is 1. The smallest absolute Gasteiger partial charge is 0.386 e. The maximum Gasteiger partial charge on any atom is 0.481 e. The number of carbonyl (C=O) groups excluding carboxylic acids is 3. The van der Waals surface area contributed by atoms with Gasteiger partial charge >= 0.3 is 23.5 Å². The second-order valence-electron chi connectivity index (χ2n) is 17.7. The number of nitrogen functional groups attached to an aromatic ring is 1. The number of phosphoric acid groups is 3. The molecular formula is C41H74N7O17P3S. The van der Waals surface area contributed by atoms with E-state index in [4.69, 9.17) is 19.5 Å². The number of ether oxygens (including phenoxy) is 1. The Bertz CT molecular complexity index is 2030. The number of fused-ring (bicyclic) bond motifs is 1. The van der Waals surface area contributed by atoms with Crippen molar-refractivity contribution in [3.05, 3.63) is 12.7 Å². The molecule has 0 saturated carbocycles. The first-order chi connectivity index (χ1) is 32.6. The van der Waals surface area contributed by atoms with Crippen LogP contribution in [0.2, 0.25) is 0 Å². The maximum atomic E-state index is 12.7. The number of unbranched alkanes of at least 4 members (excludes halogenated alkanes) is 16. The largest absolute Gasteiger partial charge is 0.481 e. The van der Waals surface area contributed by atoms with Crippen LogP contribution in [0.15, 0.2) is 12.7 Å². The maximum absolute atomic E-state index is 12.7. The van der Waals surface area contributed by atoms with Gasteiger partial charge in [-0.15, -0.1) is 0 Å². The van der Waals surface area contributed by atoms with E-state index in [1.165, 1.54) is 104 Å². The number of carbonyl (C=O) groups is 3. The summed E-state index contributed by atoms with van der Waals surface area (Å²) in [5.41, 5.74) is 4.29. The summed E-state index contributed by atoms with van der Waals surface area (Å²) in [6.45, 7) is 2.84. The van der Waals surface area contributed by atoms with Crippen LogP contribution in [0.3, 0.4) is 0 Å². The number of aliphatic hydroxyl groups excluding tert-OH is 2. The number of rotatable bonds is 37. The SMILES string of the molecule is CCCCCCCCCCCCCCCCCCCC(=O)SCCNC(=O)CCNC(=O)[C@H](O)C(C)(C)COP(=O)(O)OP(=O)(O)OC[C@H]1O[C@@H](n2cnc3c(N)ncnc32)C(O)C1OP(=O)(O)O. The lowest BCUT2D eigenvalue weighted by molar-refractivity contribution is -0.137. The average Bonchev–Trinajstić information content (AvgIpc) is 3.84. The third-order valence-electron chi connectivity index (χ3n) is 11.2. The standard InChI is InChI=1S/C41H74N7O17P3S/c1-4-5-6-7-8-9-10-11-12-13-14-15-16-17-18-19-20-21-32(50)69-25-24-43-31(49)22-23-44-39(53)36(52)41(2,3)27-62-68(59,60)65-67(57,58)61-26-30-35(64-66(54,55)56)34(51)40(63-30)48-29-47-33-37(42)45-28-46-38(33)48/h28-30,34-36,40,51-52H,4-27H2,1-3H3,(H,43,49)(H,44,53)(H,57,58)(H,59,60)(H2,42,45,46)(H2,54,55,56)/t30-,34?,35?,36+,40-/m1/s1. The van der Waals surface area contributed by atoms with E-state index in [-0.39, 0.29) is 41.6 Å². The molecule has 1 aliphatic heterocycles. The Morgan fingerprint density at radius 1 is 0.826 bits per heavy atom. The molecule has 3 heterocycles. The van der Waals surface area contributed by atoms with E-state index in [2.05, 4.69) is 41.3 Å². The molecule has 1 saturated heterocycles. The van der Waals surface area contributed by atoms with Crippen LogP contribution in [-0.4, -0.2) is 123 Å². The van der Waals surface area contributed by atoms with Crippen molar-refractivity contribution in [2.45, 2.75) is 173 Å². The molecule has 0 aromatic carbocycles. The topological polar surface area (TPSA) is 364 Å². The number of nitrogens with two attached hydrogens (primary N) is 1. The van der Waals surface area contributed by atoms with E-state index in [0.717, 1.165) is 48.2 Å². The van der Waals surface area contributed by atoms with E-state index in [9.17, 15) is 57.9 Å². The third-order valence-corrected chi connectivity index (χ3v) is 15.3. The van der Waals surface area contributed by atoms with E-state index in [1.54, 1.807) is 0 Å². The van der Waals surface area contributed by atoms with Crippen LogP contribution in [-0.2, 0) is 50.7 Å². The van der Waals surface area contributed by atoms with Crippen LogP contribution in [0.25, 0.3) is 11.2 Å². The fourth-order valence-corrected chi connectivity index (χ4v) is 10.9. The molecule has 396 valence electrons. The molecule has 10 N–H and O–H groups in total. The third kappa shape index (κ3) is 23.3. The number of phosphoric ester groups is 3. The summed E-state index contributed by atoms with van der Waals surface area (Å²) in [5.74, 6) is -1.01. The first-order valence-electron chi connectivity index (χ1n) is 23.6. The molecule has 3 rings (SSSR count). The van der Waals surface area contributed by atoms with Gasteiger partial charge in [0, 0.05) is 37.1 Å². The van der Waals surface area contributed by atoms with Crippen molar-refractivity contribution in [3.63, 3.8) is 0 Å². The van der Waals surface area contributed by atoms with Crippen molar-refractivity contribution in [1.29, 1.82) is 0 Å². The molecule has 69 heavy (non-hydrogen) atoms. The van der Waals surface area contributed by atoms with Gasteiger partial charge in [-0.05, 0) is 6.42 Å². The van der Waals surface area contributed by atoms with Crippen molar-refractivity contribution >= 4 is 69.1 Å². The molecule has 1 fully saturated rings. The van der Waals surface area contributed by atoms with Gasteiger partial charge in [-0.2, -0.15) is 4.31 Å². The van der Waals surface area contributed by atoms with Crippen LogP contribution in [0, 0.1) is 5.41 Å². The van der Waals surface area contributed by atoms with Gasteiger partial charge in [-0.1, -0.05) is 135 Å². The number of hydrogen-bond acceptors (Lipinski definition) is 18. The molecule has 4 unspecified atom stereocenters. The molecule has 2 aromatic rings. The lowest BCUT2D eigenvalue weighted by Gasteiger charge is -2.30. The Kier molecular flexibility index (Phi) is 27.0. The quantitative estimate of drug-likeness (QED) is 0.0289. The van der Waals surface area contributed by atoms with Gasteiger partial charge in [0.05, 0.1) is 19.5 Å². The predicted octanol–water partition coefficient (Wildman–Crippen LogP) is 5.71. The lowest BCUT2D eigenvalue weighted by Crippen LogP contribution is -2.46. The zero-order chi connectivity index (χ0) is 51.1. The molecule has 24 nitrogen and oxygen atoms in total. The van der Waals surface area contributed by atoms with Gasteiger partial charge in [0.15, 0.2) is 22.8 Å². The zero-order valence-electron chi connectivity index (χ0n) is 39.8. The van der Waals surface area contributed by atoms with Gasteiger partial charge < -0.3 is 50.9 Å². The summed E-state index contributed by atoms with van der Waals surface area (Å²) in [6, 6.07) is 0. The van der Waals surface area contributed by atoms with Gasteiger partial charge in [-0.25, -0.2) is 28.6 Å². The Morgan fingerprint density at radius 3 is 1.97 bits per heavy atom. The highest BCUT2D eigenvalue weighted by Crippen LogP contribution is 2.61. The van der Waals surface area contributed by atoms with Gasteiger partial charge in [-0.3, -0.25) is 32.5 Å². The Balaban J connectivity index is 1.27. The van der Waals surface area contributed by atoms with Crippen LogP contribution >= 0.6 is 35.2 Å². The van der Waals surface area contributed by atoms with Crippen molar-refractivity contribution in [2.75, 3.05) is 37.8 Å². The van der Waals surface area contributed by atoms with Crippen LogP contribution < -0.4 is 16.4 Å². The second-order valence-corrected chi connectivity index (χ2v) is 23.1. The fraction of sp³-hybridized carbons (Fsp3) is 0.805. The second kappa shape index (κ2) is 30.6. The van der Waals surface area contributed by atoms with E-state index in [1.807, 2.05) is 0 Å². The molecule has 0 aliphatic carbocycles. The van der Waals surface area contributed by atoms with Crippen molar-refractivity contribution < 1.29 is 80.5 Å². The summed E-state index contributed by atoms with van der Waals surface area (Å²) in [5, 5.41) is 26.7. The number of amides is 2. The number of aromatic nitrogens is 4. The molecule has 2 aromatic heterocycles. The minimum atomic E-state index is -5.57. The first kappa shape index (κ1) is 60.9.